The van der Waals surface area contributed by atoms with Crippen molar-refractivity contribution in [2.75, 3.05) is 51.2 Å². The first-order chi connectivity index (χ1) is 19.9. The van der Waals surface area contributed by atoms with Crippen LogP contribution in [0.1, 0.15) is 19.3 Å². The fourth-order valence-electron chi connectivity index (χ4n) is 4.95. The third-order valence-corrected chi connectivity index (χ3v) is 7.85. The summed E-state index contributed by atoms with van der Waals surface area (Å²) in [6.07, 6.45) is 5.63. The molecule has 218 valence electrons. The van der Waals surface area contributed by atoms with E-state index in [1.807, 2.05) is 6.07 Å². The van der Waals surface area contributed by atoms with Crippen molar-refractivity contribution >= 4 is 51.8 Å². The molecule has 1 amide bonds. The Morgan fingerprint density at radius 2 is 1.90 bits per heavy atom. The lowest BCUT2D eigenvalue weighted by Crippen LogP contribution is -2.52. The van der Waals surface area contributed by atoms with Gasteiger partial charge in [-0.2, -0.15) is 0 Å². The number of hydrogen-bond donors (Lipinski definition) is 3. The van der Waals surface area contributed by atoms with Crippen molar-refractivity contribution in [3.8, 4) is 22.8 Å². The van der Waals surface area contributed by atoms with E-state index in [1.54, 1.807) is 12.3 Å². The number of carbonyl (C=O) groups is 1. The molecule has 0 radical (unpaired) electrons. The first-order valence-corrected chi connectivity index (χ1v) is 14.1. The van der Waals surface area contributed by atoms with Gasteiger partial charge in [0.15, 0.2) is 5.82 Å². The molecule has 3 aromatic rings. The molecule has 0 aliphatic carbocycles. The van der Waals surface area contributed by atoms with E-state index in [1.165, 1.54) is 20.3 Å². The monoisotopic (exact) mass is 602 g/mol. The van der Waals surface area contributed by atoms with Crippen LogP contribution in [0.2, 0.25) is 10.0 Å². The second-order valence-corrected chi connectivity index (χ2v) is 10.5. The molecular formula is C28H32Cl2N6O5. The number of methoxy groups -OCH3 is 2. The standard InChI is InChI=1S/C28H32Cl2N6O5/c1-4-22(37)33-17-7-9-40-14-19(17)35-28-32-12-15-10-18(23-24(29)20(38-2)11-21(39-3)25(23)30)34-27(26(15)36-28)31-13-16-6-5-8-41-16/h4,10-12,16-17,19H,1,5-9,13-14H2,2-3H3,(H,31,34)(H,33,37)(H,32,35,36)/t16?,17-,19+/m0/s1. The molecule has 1 aromatic carbocycles. The van der Waals surface area contributed by atoms with Gasteiger partial charge in [-0.1, -0.05) is 29.8 Å². The molecule has 4 heterocycles. The van der Waals surface area contributed by atoms with E-state index in [0.29, 0.717) is 81.7 Å². The van der Waals surface area contributed by atoms with Gasteiger partial charge in [0.25, 0.3) is 0 Å². The van der Waals surface area contributed by atoms with Crippen molar-refractivity contribution in [2.45, 2.75) is 37.5 Å². The van der Waals surface area contributed by atoms with Gasteiger partial charge in [0, 0.05) is 43.0 Å². The minimum atomic E-state index is -0.244. The maximum absolute atomic E-state index is 12.0. The predicted octanol–water partition coefficient (Wildman–Crippen LogP) is 4.48. The molecule has 0 bridgehead atoms. The number of fused-ring (bicyclic) bond motifs is 1. The summed E-state index contributed by atoms with van der Waals surface area (Å²) < 4.78 is 22.4. The molecule has 0 spiro atoms. The predicted molar refractivity (Wildman–Crippen MR) is 158 cm³/mol. The van der Waals surface area contributed by atoms with E-state index in [2.05, 4.69) is 27.5 Å². The van der Waals surface area contributed by atoms with Crippen LogP contribution in [0.5, 0.6) is 11.5 Å². The maximum atomic E-state index is 12.0. The average molecular weight is 604 g/mol. The Kier molecular flexibility index (Phi) is 9.29. The van der Waals surface area contributed by atoms with Crippen molar-refractivity contribution in [2.24, 2.45) is 0 Å². The lowest BCUT2D eigenvalue weighted by Gasteiger charge is -2.32. The van der Waals surface area contributed by atoms with Gasteiger partial charge in [-0.15, -0.1) is 0 Å². The molecule has 41 heavy (non-hydrogen) atoms. The van der Waals surface area contributed by atoms with E-state index < -0.39 is 0 Å². The third kappa shape index (κ3) is 6.43. The smallest absolute Gasteiger partial charge is 0.243 e. The molecule has 0 saturated carbocycles. The summed E-state index contributed by atoms with van der Waals surface area (Å²) in [6, 6.07) is 3.05. The summed E-state index contributed by atoms with van der Waals surface area (Å²) in [5.74, 6) is 1.46. The van der Waals surface area contributed by atoms with Crippen LogP contribution in [0.3, 0.4) is 0 Å². The van der Waals surface area contributed by atoms with Crippen molar-refractivity contribution in [3.05, 3.63) is 41.0 Å². The Labute approximate surface area is 247 Å². The Hall–Kier alpha value is -3.38. The number of halogens is 2. The first-order valence-electron chi connectivity index (χ1n) is 13.3. The highest BCUT2D eigenvalue weighted by Crippen LogP contribution is 2.46. The minimum absolute atomic E-state index is 0.0626. The van der Waals surface area contributed by atoms with Gasteiger partial charge in [0.2, 0.25) is 11.9 Å². The zero-order valence-corrected chi connectivity index (χ0v) is 24.3. The van der Waals surface area contributed by atoms with Gasteiger partial charge in [-0.3, -0.25) is 4.79 Å². The lowest BCUT2D eigenvalue weighted by molar-refractivity contribution is -0.117. The van der Waals surface area contributed by atoms with Crippen LogP contribution in [-0.2, 0) is 14.3 Å². The SMILES string of the molecule is C=CC(=O)N[C@H]1CCOC[C@H]1Nc1ncc2cc(-c3c(Cl)c(OC)cc(OC)c3Cl)nc(NCC3CCCO3)c2n1. The number of rotatable bonds is 10. The highest BCUT2D eigenvalue weighted by atomic mass is 35.5. The largest absolute Gasteiger partial charge is 0.495 e. The van der Waals surface area contributed by atoms with Crippen molar-refractivity contribution in [1.82, 2.24) is 20.3 Å². The van der Waals surface area contributed by atoms with E-state index >= 15 is 0 Å². The average Bonchev–Trinajstić information content (AvgIpc) is 3.51. The number of nitrogens with one attached hydrogen (secondary N) is 3. The van der Waals surface area contributed by atoms with Crippen LogP contribution in [0, 0.1) is 0 Å². The van der Waals surface area contributed by atoms with E-state index in [-0.39, 0.29) is 24.1 Å². The van der Waals surface area contributed by atoms with Crippen LogP contribution < -0.4 is 25.4 Å². The molecule has 2 aliphatic heterocycles. The highest BCUT2D eigenvalue weighted by Gasteiger charge is 2.28. The number of amides is 1. The second kappa shape index (κ2) is 13.1. The molecule has 1 unspecified atom stereocenters. The van der Waals surface area contributed by atoms with Crippen molar-refractivity contribution in [3.63, 3.8) is 0 Å². The molecule has 2 aromatic heterocycles. The minimum Gasteiger partial charge on any atom is -0.495 e. The van der Waals surface area contributed by atoms with Gasteiger partial charge in [0.1, 0.15) is 17.0 Å². The molecule has 3 N–H and O–H groups in total. The first kappa shape index (κ1) is 29.1. The topological polar surface area (TPSA) is 129 Å². The van der Waals surface area contributed by atoms with Crippen LogP contribution in [0.25, 0.3) is 22.2 Å². The Bertz CT molecular complexity index is 1410. The molecule has 3 atom stereocenters. The Balaban J connectivity index is 1.54. The van der Waals surface area contributed by atoms with E-state index in [9.17, 15) is 4.79 Å². The normalized spacial score (nSPS) is 20.4. The fourth-order valence-corrected chi connectivity index (χ4v) is 5.64. The summed E-state index contributed by atoms with van der Waals surface area (Å²) in [7, 11) is 3.04. The van der Waals surface area contributed by atoms with Gasteiger partial charge in [-0.05, 0) is 31.4 Å². The Morgan fingerprint density at radius 1 is 1.12 bits per heavy atom. The van der Waals surface area contributed by atoms with Gasteiger partial charge in [0.05, 0.1) is 54.8 Å². The second-order valence-electron chi connectivity index (χ2n) is 9.72. The number of carbonyl (C=O) groups excluding carboxylic acids is 1. The summed E-state index contributed by atoms with van der Waals surface area (Å²) in [6.45, 7) is 5.76. The number of hydrogen-bond acceptors (Lipinski definition) is 10. The van der Waals surface area contributed by atoms with E-state index in [0.717, 1.165) is 19.4 Å². The highest BCUT2D eigenvalue weighted by molar-refractivity contribution is 6.41. The van der Waals surface area contributed by atoms with Crippen LogP contribution >= 0.6 is 23.2 Å². The molecule has 13 heteroatoms. The number of nitrogens with zero attached hydrogens (tertiary/aromatic N) is 3. The molecular weight excluding hydrogens is 571 g/mol. The van der Waals surface area contributed by atoms with Gasteiger partial charge >= 0.3 is 0 Å². The number of anilines is 2. The number of ether oxygens (including phenoxy) is 4. The number of benzene rings is 1. The number of aromatic nitrogens is 3. The van der Waals surface area contributed by atoms with Crippen molar-refractivity contribution < 1.29 is 23.7 Å². The van der Waals surface area contributed by atoms with Crippen LogP contribution in [-0.4, -0.2) is 79.6 Å². The zero-order chi connectivity index (χ0) is 28.9. The summed E-state index contributed by atoms with van der Waals surface area (Å²) in [5.41, 5.74) is 1.56. The maximum Gasteiger partial charge on any atom is 0.243 e. The molecule has 2 fully saturated rings. The molecule has 2 aliphatic rings. The Morgan fingerprint density at radius 3 is 2.59 bits per heavy atom. The van der Waals surface area contributed by atoms with Gasteiger partial charge in [-0.25, -0.2) is 15.0 Å². The van der Waals surface area contributed by atoms with Gasteiger partial charge < -0.3 is 34.9 Å². The summed E-state index contributed by atoms with van der Waals surface area (Å²) >= 11 is 13.4. The van der Waals surface area contributed by atoms with E-state index in [4.69, 9.17) is 52.1 Å². The van der Waals surface area contributed by atoms with Crippen LogP contribution in [0.15, 0.2) is 31.0 Å². The molecule has 5 rings (SSSR count). The lowest BCUT2D eigenvalue weighted by atomic mass is 10.0. The molecule has 11 nitrogen and oxygen atoms in total. The third-order valence-electron chi connectivity index (χ3n) is 7.10. The molecule has 2 saturated heterocycles. The number of pyridine rings is 1. The zero-order valence-electron chi connectivity index (χ0n) is 22.8. The fraction of sp³-hybridized carbons (Fsp3) is 0.429. The quantitative estimate of drug-likeness (QED) is 0.286. The summed E-state index contributed by atoms with van der Waals surface area (Å²) in [5, 5.41) is 11.0. The summed E-state index contributed by atoms with van der Waals surface area (Å²) in [4.78, 5) is 26.2. The van der Waals surface area contributed by atoms with Crippen LogP contribution in [0.4, 0.5) is 11.8 Å². The van der Waals surface area contributed by atoms with Crippen molar-refractivity contribution in [1.29, 1.82) is 0 Å².